The van der Waals surface area contributed by atoms with E-state index >= 15 is 0 Å². The molecule has 0 spiro atoms. The molecule has 0 heterocycles. The molecule has 0 bridgehead atoms. The van der Waals surface area contributed by atoms with Crippen molar-refractivity contribution in [2.75, 3.05) is 11.5 Å². The Morgan fingerprint density at radius 3 is 2.15 bits per heavy atom. The lowest BCUT2D eigenvalue weighted by molar-refractivity contribution is 0.0695. The molecule has 26 heavy (non-hydrogen) atoms. The molecule has 0 radical (unpaired) electrons. The van der Waals surface area contributed by atoms with Gasteiger partial charge in [-0.05, 0) is 36.4 Å². The maximum atomic E-state index is 12.4. The lowest BCUT2D eigenvalue weighted by atomic mass is 9.99. The monoisotopic (exact) mass is 348 g/mol. The van der Waals surface area contributed by atoms with Crippen molar-refractivity contribution in [1.82, 2.24) is 0 Å². The third-order valence-electron chi connectivity index (χ3n) is 3.86. The van der Waals surface area contributed by atoms with E-state index in [1.165, 1.54) is 6.07 Å². The van der Waals surface area contributed by atoms with Gasteiger partial charge < -0.3 is 21.3 Å². The highest BCUT2D eigenvalue weighted by molar-refractivity contribution is 5.99. The van der Waals surface area contributed by atoms with Gasteiger partial charge in [0.25, 0.3) is 0 Å². The molecule has 3 aromatic rings. The molecule has 0 aliphatic rings. The van der Waals surface area contributed by atoms with Gasteiger partial charge in [0.1, 0.15) is 5.75 Å². The second-order valence-corrected chi connectivity index (χ2v) is 5.58. The van der Waals surface area contributed by atoms with Crippen molar-refractivity contribution in [3.8, 4) is 16.9 Å². The topological polar surface area (TPSA) is 116 Å². The van der Waals surface area contributed by atoms with Crippen molar-refractivity contribution < 1.29 is 19.4 Å². The molecule has 6 nitrogen and oxygen atoms in total. The van der Waals surface area contributed by atoms with Crippen LogP contribution in [0.5, 0.6) is 5.75 Å². The van der Waals surface area contributed by atoms with Gasteiger partial charge in [0.05, 0.1) is 16.8 Å². The number of carboxylic acid groups (broad SMARTS) is 1. The predicted octanol–water partition coefficient (Wildman–Crippen LogP) is 3.44. The van der Waals surface area contributed by atoms with Crippen LogP contribution in [-0.2, 0) is 0 Å². The highest BCUT2D eigenvalue weighted by Gasteiger charge is 2.17. The van der Waals surface area contributed by atoms with Crippen LogP contribution in [-0.4, -0.2) is 17.0 Å². The first-order valence-corrected chi connectivity index (χ1v) is 7.76. The molecule has 5 N–H and O–H groups in total. The number of aromatic carboxylic acids is 1. The van der Waals surface area contributed by atoms with Gasteiger partial charge in [-0.2, -0.15) is 0 Å². The summed E-state index contributed by atoms with van der Waals surface area (Å²) in [7, 11) is 0. The molecule has 0 aromatic heterocycles. The summed E-state index contributed by atoms with van der Waals surface area (Å²) < 4.78 is 5.50. The average Bonchev–Trinajstić information content (AvgIpc) is 2.63. The lowest BCUT2D eigenvalue weighted by Crippen LogP contribution is -2.10. The highest BCUT2D eigenvalue weighted by atomic mass is 16.5. The first kappa shape index (κ1) is 17.0. The first-order chi connectivity index (χ1) is 12.5. The van der Waals surface area contributed by atoms with Gasteiger partial charge in [-0.1, -0.05) is 30.3 Å². The number of para-hydroxylation sites is 2. The number of ether oxygens (including phenoxy) is 1. The largest absolute Gasteiger partial charge is 0.478 e. The number of anilines is 2. The number of carbonyl (C=O) groups excluding carboxylic acids is 1. The molecular weight excluding hydrogens is 332 g/mol. The quantitative estimate of drug-likeness (QED) is 0.378. The number of carbonyl (C=O) groups is 2. The molecule has 0 atom stereocenters. The zero-order chi connectivity index (χ0) is 18.7. The van der Waals surface area contributed by atoms with Crippen LogP contribution in [0.25, 0.3) is 11.1 Å². The van der Waals surface area contributed by atoms with Gasteiger partial charge in [-0.15, -0.1) is 0 Å². The third-order valence-corrected chi connectivity index (χ3v) is 3.86. The summed E-state index contributed by atoms with van der Waals surface area (Å²) in [4.78, 5) is 23.7. The van der Waals surface area contributed by atoms with E-state index in [-0.39, 0.29) is 17.0 Å². The first-order valence-electron chi connectivity index (χ1n) is 7.76. The number of esters is 1. The van der Waals surface area contributed by atoms with E-state index in [2.05, 4.69) is 0 Å². The van der Waals surface area contributed by atoms with Crippen molar-refractivity contribution in [2.24, 2.45) is 0 Å². The molecule has 0 fully saturated rings. The van der Waals surface area contributed by atoms with Crippen LogP contribution in [0, 0.1) is 0 Å². The fraction of sp³-hybridized carbons (Fsp3) is 0. The zero-order valence-electron chi connectivity index (χ0n) is 13.7. The Morgan fingerprint density at radius 2 is 1.46 bits per heavy atom. The van der Waals surface area contributed by atoms with Crippen molar-refractivity contribution in [2.45, 2.75) is 0 Å². The summed E-state index contributed by atoms with van der Waals surface area (Å²) in [6.45, 7) is 0. The summed E-state index contributed by atoms with van der Waals surface area (Å²) in [5, 5.41) is 9.25. The second-order valence-electron chi connectivity index (χ2n) is 5.58. The normalized spacial score (nSPS) is 10.3. The van der Waals surface area contributed by atoms with Gasteiger partial charge in [0.2, 0.25) is 0 Å². The number of nitrogen functional groups attached to an aromatic ring is 2. The Kier molecular flexibility index (Phi) is 4.57. The zero-order valence-corrected chi connectivity index (χ0v) is 13.7. The summed E-state index contributed by atoms with van der Waals surface area (Å²) in [6, 6.07) is 17.8. The van der Waals surface area contributed by atoms with E-state index in [0.29, 0.717) is 22.4 Å². The van der Waals surface area contributed by atoms with Crippen molar-refractivity contribution >= 4 is 23.3 Å². The van der Waals surface area contributed by atoms with Crippen LogP contribution in [0.1, 0.15) is 20.7 Å². The molecule has 3 rings (SSSR count). The van der Waals surface area contributed by atoms with E-state index in [1.54, 1.807) is 60.7 Å². The highest BCUT2D eigenvalue weighted by Crippen LogP contribution is 2.35. The smallest absolute Gasteiger partial charge is 0.343 e. The molecule has 0 amide bonds. The Hall–Kier alpha value is -3.80. The summed E-state index contributed by atoms with van der Waals surface area (Å²) in [5.74, 6) is -1.39. The van der Waals surface area contributed by atoms with Crippen molar-refractivity contribution in [1.29, 1.82) is 0 Å². The van der Waals surface area contributed by atoms with Gasteiger partial charge in [0.15, 0.2) is 0 Å². The minimum absolute atomic E-state index is 0.0119. The number of hydrogen-bond donors (Lipinski definition) is 3. The van der Waals surface area contributed by atoms with Gasteiger partial charge in [-0.25, -0.2) is 9.59 Å². The number of rotatable bonds is 4. The van der Waals surface area contributed by atoms with Crippen molar-refractivity contribution in [3.05, 3.63) is 77.9 Å². The molecule has 0 saturated carbocycles. The number of hydrogen-bond acceptors (Lipinski definition) is 5. The Labute approximate surface area is 149 Å². The molecular formula is C20H16N2O4. The van der Waals surface area contributed by atoms with Crippen LogP contribution < -0.4 is 16.2 Å². The SMILES string of the molecule is Nc1ccc(C(=O)Oc2ccccc2-c2cccc(C(=O)O)c2N)cc1. The van der Waals surface area contributed by atoms with E-state index in [9.17, 15) is 14.7 Å². The molecule has 0 unspecified atom stereocenters. The average molecular weight is 348 g/mol. The second kappa shape index (κ2) is 6.98. The summed E-state index contributed by atoms with van der Waals surface area (Å²) in [6.07, 6.45) is 0. The standard InChI is InChI=1S/C20H16N2O4/c21-13-10-8-12(9-11-13)20(25)26-17-7-2-1-4-14(17)15-5-3-6-16(18(15)22)19(23)24/h1-11H,21-22H2,(H,23,24). The Bertz CT molecular complexity index is 981. The van der Waals surface area contributed by atoms with Crippen LogP contribution in [0.15, 0.2) is 66.7 Å². The summed E-state index contributed by atoms with van der Waals surface area (Å²) in [5.41, 5.74) is 13.6. The fourth-order valence-corrected chi connectivity index (χ4v) is 2.54. The maximum Gasteiger partial charge on any atom is 0.343 e. The lowest BCUT2D eigenvalue weighted by Gasteiger charge is -2.13. The number of carboxylic acids is 1. The molecule has 0 aliphatic heterocycles. The maximum absolute atomic E-state index is 12.4. The van der Waals surface area contributed by atoms with Crippen LogP contribution >= 0.6 is 0 Å². The van der Waals surface area contributed by atoms with E-state index < -0.39 is 11.9 Å². The fourth-order valence-electron chi connectivity index (χ4n) is 2.54. The van der Waals surface area contributed by atoms with E-state index in [4.69, 9.17) is 16.2 Å². The van der Waals surface area contributed by atoms with E-state index in [1.807, 2.05) is 0 Å². The van der Waals surface area contributed by atoms with Crippen LogP contribution in [0.4, 0.5) is 11.4 Å². The minimum Gasteiger partial charge on any atom is -0.478 e. The number of nitrogens with two attached hydrogens (primary N) is 2. The molecule has 130 valence electrons. The molecule has 3 aromatic carbocycles. The van der Waals surface area contributed by atoms with Crippen LogP contribution in [0.3, 0.4) is 0 Å². The molecule has 0 aliphatic carbocycles. The predicted molar refractivity (Wildman–Crippen MR) is 99.1 cm³/mol. The number of benzene rings is 3. The Morgan fingerprint density at radius 1 is 0.808 bits per heavy atom. The van der Waals surface area contributed by atoms with E-state index in [0.717, 1.165) is 0 Å². The van der Waals surface area contributed by atoms with Gasteiger partial charge in [0, 0.05) is 16.8 Å². The Balaban J connectivity index is 1.99. The minimum atomic E-state index is -1.12. The summed E-state index contributed by atoms with van der Waals surface area (Å²) >= 11 is 0. The molecule has 0 saturated heterocycles. The van der Waals surface area contributed by atoms with Gasteiger partial charge >= 0.3 is 11.9 Å². The van der Waals surface area contributed by atoms with Crippen molar-refractivity contribution in [3.63, 3.8) is 0 Å². The third kappa shape index (κ3) is 3.34. The molecule has 6 heteroatoms. The van der Waals surface area contributed by atoms with Crippen LogP contribution in [0.2, 0.25) is 0 Å². The van der Waals surface area contributed by atoms with Gasteiger partial charge in [-0.3, -0.25) is 0 Å².